The average molecular weight is 201 g/mol. The van der Waals surface area contributed by atoms with Crippen molar-refractivity contribution in [3.05, 3.63) is 30.6 Å². The maximum atomic E-state index is 4.33. The smallest absolute Gasteiger partial charge is 0.135 e. The van der Waals surface area contributed by atoms with E-state index < -0.39 is 0 Å². The van der Waals surface area contributed by atoms with E-state index in [4.69, 9.17) is 0 Å². The molecule has 2 rings (SSSR count). The fraction of sp³-hybridized carbons (Fsp3) is 0.333. The summed E-state index contributed by atoms with van der Waals surface area (Å²) in [5.74, 6) is 1.54. The standard InChI is InChI=1S/C12H15N3/c1-9(2)8-15-12-10-4-3-6-13-11(10)5-7-14-12/h3-7,9H,8H2,1-2H3,(H,14,15). The maximum absolute atomic E-state index is 4.33. The largest absolute Gasteiger partial charge is 0.369 e. The summed E-state index contributed by atoms with van der Waals surface area (Å²) in [6, 6.07) is 5.90. The Labute approximate surface area is 89.6 Å². The molecular formula is C12H15N3. The first-order valence-corrected chi connectivity index (χ1v) is 5.21. The lowest BCUT2D eigenvalue weighted by atomic mass is 10.2. The van der Waals surface area contributed by atoms with Crippen LogP contribution in [0.3, 0.4) is 0 Å². The van der Waals surface area contributed by atoms with E-state index in [-0.39, 0.29) is 0 Å². The second kappa shape index (κ2) is 4.26. The summed E-state index contributed by atoms with van der Waals surface area (Å²) in [5.41, 5.74) is 0.985. The number of nitrogens with zero attached hydrogens (tertiary/aromatic N) is 2. The Kier molecular flexibility index (Phi) is 2.81. The molecule has 0 saturated heterocycles. The number of hydrogen-bond acceptors (Lipinski definition) is 3. The molecule has 3 nitrogen and oxygen atoms in total. The van der Waals surface area contributed by atoms with Crippen molar-refractivity contribution in [3.8, 4) is 0 Å². The highest BCUT2D eigenvalue weighted by molar-refractivity contribution is 5.88. The third-order valence-corrected chi connectivity index (χ3v) is 2.21. The molecule has 0 atom stereocenters. The van der Waals surface area contributed by atoms with Crippen molar-refractivity contribution in [3.63, 3.8) is 0 Å². The van der Waals surface area contributed by atoms with E-state index in [2.05, 4.69) is 29.1 Å². The molecule has 0 radical (unpaired) electrons. The summed E-state index contributed by atoms with van der Waals surface area (Å²) in [5, 5.41) is 4.42. The molecular weight excluding hydrogens is 186 g/mol. The second-order valence-electron chi connectivity index (χ2n) is 4.00. The summed E-state index contributed by atoms with van der Waals surface area (Å²) in [7, 11) is 0. The van der Waals surface area contributed by atoms with E-state index in [0.29, 0.717) is 5.92 Å². The summed E-state index contributed by atoms with van der Waals surface area (Å²) >= 11 is 0. The molecule has 0 saturated carbocycles. The first-order valence-electron chi connectivity index (χ1n) is 5.21. The lowest BCUT2D eigenvalue weighted by molar-refractivity contribution is 0.687. The average Bonchev–Trinajstić information content (AvgIpc) is 2.26. The zero-order valence-electron chi connectivity index (χ0n) is 9.07. The van der Waals surface area contributed by atoms with Gasteiger partial charge >= 0.3 is 0 Å². The van der Waals surface area contributed by atoms with Gasteiger partial charge in [-0.15, -0.1) is 0 Å². The fourth-order valence-electron chi connectivity index (χ4n) is 1.44. The molecule has 0 aliphatic heterocycles. The maximum Gasteiger partial charge on any atom is 0.135 e. The van der Waals surface area contributed by atoms with Crippen LogP contribution in [0.1, 0.15) is 13.8 Å². The zero-order valence-corrected chi connectivity index (χ0v) is 9.07. The van der Waals surface area contributed by atoms with Crippen molar-refractivity contribution in [2.24, 2.45) is 5.92 Å². The van der Waals surface area contributed by atoms with E-state index >= 15 is 0 Å². The number of aromatic nitrogens is 2. The predicted octanol–water partition coefficient (Wildman–Crippen LogP) is 2.70. The Bertz CT molecular complexity index is 446. The summed E-state index contributed by atoms with van der Waals surface area (Å²) in [4.78, 5) is 8.62. The highest BCUT2D eigenvalue weighted by atomic mass is 15.0. The zero-order chi connectivity index (χ0) is 10.7. The van der Waals surface area contributed by atoms with Crippen LogP contribution in [0.2, 0.25) is 0 Å². The van der Waals surface area contributed by atoms with E-state index in [0.717, 1.165) is 23.3 Å². The first kappa shape index (κ1) is 9.90. The molecule has 0 fully saturated rings. The van der Waals surface area contributed by atoms with Gasteiger partial charge in [-0.05, 0) is 24.1 Å². The molecule has 0 spiro atoms. The Morgan fingerprint density at radius 3 is 2.87 bits per heavy atom. The van der Waals surface area contributed by atoms with Gasteiger partial charge in [0.2, 0.25) is 0 Å². The van der Waals surface area contributed by atoms with Crippen molar-refractivity contribution in [1.29, 1.82) is 0 Å². The van der Waals surface area contributed by atoms with Crippen LogP contribution in [0.25, 0.3) is 10.9 Å². The minimum Gasteiger partial charge on any atom is -0.369 e. The Morgan fingerprint density at radius 2 is 2.07 bits per heavy atom. The summed E-state index contributed by atoms with van der Waals surface area (Å²) in [6.07, 6.45) is 3.59. The molecule has 2 heterocycles. The quantitative estimate of drug-likeness (QED) is 0.829. The van der Waals surface area contributed by atoms with Gasteiger partial charge in [-0.3, -0.25) is 4.98 Å². The molecule has 0 aromatic carbocycles. The number of anilines is 1. The van der Waals surface area contributed by atoms with Crippen molar-refractivity contribution in [2.75, 3.05) is 11.9 Å². The molecule has 0 unspecified atom stereocenters. The predicted molar refractivity (Wildman–Crippen MR) is 62.9 cm³/mol. The molecule has 15 heavy (non-hydrogen) atoms. The second-order valence-corrected chi connectivity index (χ2v) is 4.00. The van der Waals surface area contributed by atoms with Crippen molar-refractivity contribution >= 4 is 16.7 Å². The van der Waals surface area contributed by atoms with Gasteiger partial charge in [-0.1, -0.05) is 13.8 Å². The molecule has 0 aliphatic rings. The van der Waals surface area contributed by atoms with Crippen molar-refractivity contribution in [2.45, 2.75) is 13.8 Å². The van der Waals surface area contributed by atoms with Gasteiger partial charge in [-0.2, -0.15) is 0 Å². The third kappa shape index (κ3) is 2.24. The number of nitrogens with one attached hydrogen (secondary N) is 1. The van der Waals surface area contributed by atoms with Crippen LogP contribution in [0.5, 0.6) is 0 Å². The van der Waals surface area contributed by atoms with Gasteiger partial charge in [0.05, 0.1) is 5.52 Å². The van der Waals surface area contributed by atoms with Gasteiger partial charge in [-0.25, -0.2) is 4.98 Å². The first-order chi connectivity index (χ1) is 7.27. The van der Waals surface area contributed by atoms with Gasteiger partial charge in [0, 0.05) is 24.3 Å². The number of fused-ring (bicyclic) bond motifs is 1. The number of hydrogen-bond donors (Lipinski definition) is 1. The lowest BCUT2D eigenvalue weighted by Gasteiger charge is -2.09. The lowest BCUT2D eigenvalue weighted by Crippen LogP contribution is -2.09. The molecule has 2 aromatic rings. The molecule has 3 heteroatoms. The minimum atomic E-state index is 0.610. The Morgan fingerprint density at radius 1 is 1.20 bits per heavy atom. The fourth-order valence-corrected chi connectivity index (χ4v) is 1.44. The van der Waals surface area contributed by atoms with Crippen molar-refractivity contribution in [1.82, 2.24) is 9.97 Å². The van der Waals surface area contributed by atoms with Gasteiger partial charge in [0.1, 0.15) is 5.82 Å². The molecule has 0 aliphatic carbocycles. The molecule has 0 amide bonds. The minimum absolute atomic E-state index is 0.610. The van der Waals surface area contributed by atoms with Gasteiger partial charge in [0.25, 0.3) is 0 Å². The SMILES string of the molecule is CC(C)CNc1nccc2ncccc12. The number of pyridine rings is 2. The molecule has 0 bridgehead atoms. The van der Waals surface area contributed by atoms with Gasteiger partial charge in [0.15, 0.2) is 0 Å². The van der Waals surface area contributed by atoms with Crippen LogP contribution >= 0.6 is 0 Å². The highest BCUT2D eigenvalue weighted by Crippen LogP contribution is 2.18. The third-order valence-electron chi connectivity index (χ3n) is 2.21. The van der Waals surface area contributed by atoms with E-state index in [9.17, 15) is 0 Å². The Balaban J connectivity index is 2.34. The van der Waals surface area contributed by atoms with Crippen LogP contribution in [-0.4, -0.2) is 16.5 Å². The highest BCUT2D eigenvalue weighted by Gasteiger charge is 2.02. The van der Waals surface area contributed by atoms with E-state index in [1.165, 1.54) is 0 Å². The molecule has 2 aromatic heterocycles. The normalized spacial score (nSPS) is 10.9. The number of rotatable bonds is 3. The van der Waals surface area contributed by atoms with E-state index in [1.54, 1.807) is 12.4 Å². The molecule has 1 N–H and O–H groups in total. The van der Waals surface area contributed by atoms with Crippen LogP contribution in [-0.2, 0) is 0 Å². The Hall–Kier alpha value is -1.64. The monoisotopic (exact) mass is 201 g/mol. The van der Waals surface area contributed by atoms with Crippen molar-refractivity contribution < 1.29 is 0 Å². The van der Waals surface area contributed by atoms with Gasteiger partial charge < -0.3 is 5.32 Å². The topological polar surface area (TPSA) is 37.8 Å². The van der Waals surface area contributed by atoms with E-state index in [1.807, 2.05) is 18.2 Å². The van der Waals surface area contributed by atoms with Crippen LogP contribution in [0.15, 0.2) is 30.6 Å². The van der Waals surface area contributed by atoms with Crippen LogP contribution < -0.4 is 5.32 Å². The molecule has 78 valence electrons. The van der Waals surface area contributed by atoms with Crippen LogP contribution in [0, 0.1) is 5.92 Å². The van der Waals surface area contributed by atoms with Crippen LogP contribution in [0.4, 0.5) is 5.82 Å². The summed E-state index contributed by atoms with van der Waals surface area (Å²) in [6.45, 7) is 5.29. The summed E-state index contributed by atoms with van der Waals surface area (Å²) < 4.78 is 0.